The zero-order valence-electron chi connectivity index (χ0n) is 11.2. The third kappa shape index (κ3) is 1.76. The molecule has 0 aliphatic rings. The Morgan fingerprint density at radius 3 is 2.06 bits per heavy atom. The van der Waals surface area contributed by atoms with Gasteiger partial charge in [-0.15, -0.1) is 0 Å². The van der Waals surface area contributed by atoms with E-state index in [-0.39, 0.29) is 0 Å². The summed E-state index contributed by atoms with van der Waals surface area (Å²) in [6, 6.07) is 8.46. The predicted molar refractivity (Wildman–Crippen MR) is 73.8 cm³/mol. The first-order valence-corrected chi connectivity index (χ1v) is 5.92. The van der Waals surface area contributed by atoms with Crippen molar-refractivity contribution >= 4 is 5.82 Å². The minimum absolute atomic E-state index is 0.525. The zero-order chi connectivity index (χ0) is 13.4. The summed E-state index contributed by atoms with van der Waals surface area (Å²) in [5, 5.41) is 9.15. The van der Waals surface area contributed by atoms with Crippen molar-refractivity contribution in [1.82, 2.24) is 4.57 Å². The molecule has 0 radical (unpaired) electrons. The second-order valence-electron chi connectivity index (χ2n) is 4.76. The van der Waals surface area contributed by atoms with E-state index in [2.05, 4.69) is 38.1 Å². The molecule has 0 aliphatic heterocycles. The molecule has 1 aromatic carbocycles. The quantitative estimate of drug-likeness (QED) is 0.831. The molecule has 3 heteroatoms. The number of benzene rings is 1. The summed E-state index contributed by atoms with van der Waals surface area (Å²) in [5.74, 6) is 0.525. The molecular weight excluding hydrogens is 222 g/mol. The van der Waals surface area contributed by atoms with Crippen LogP contribution in [-0.2, 0) is 0 Å². The lowest BCUT2D eigenvalue weighted by molar-refractivity contribution is 1.01. The highest BCUT2D eigenvalue weighted by Gasteiger charge is 2.16. The molecule has 0 bridgehead atoms. The summed E-state index contributed by atoms with van der Waals surface area (Å²) in [5.41, 5.74) is 12.0. The van der Waals surface area contributed by atoms with Crippen LogP contribution in [-0.4, -0.2) is 4.57 Å². The number of hydrogen-bond acceptors (Lipinski definition) is 2. The van der Waals surface area contributed by atoms with Crippen LogP contribution in [0, 0.1) is 39.0 Å². The highest BCUT2D eigenvalue weighted by atomic mass is 15.1. The average molecular weight is 239 g/mol. The minimum Gasteiger partial charge on any atom is -0.384 e. The topological polar surface area (TPSA) is 54.7 Å². The van der Waals surface area contributed by atoms with Gasteiger partial charge in [-0.3, -0.25) is 4.57 Å². The first-order chi connectivity index (χ1) is 8.45. The van der Waals surface area contributed by atoms with Crippen LogP contribution in [0.3, 0.4) is 0 Å². The van der Waals surface area contributed by atoms with Gasteiger partial charge in [0, 0.05) is 11.4 Å². The van der Waals surface area contributed by atoms with Gasteiger partial charge in [0.1, 0.15) is 11.9 Å². The number of hydrogen-bond donors (Lipinski definition) is 1. The molecule has 0 atom stereocenters. The van der Waals surface area contributed by atoms with Crippen LogP contribution >= 0.6 is 0 Å². The van der Waals surface area contributed by atoms with Gasteiger partial charge in [-0.05, 0) is 56.5 Å². The Hall–Kier alpha value is -2.21. The molecule has 2 aromatic rings. The normalized spacial score (nSPS) is 10.4. The number of nitrogens with zero attached hydrogens (tertiary/aromatic N) is 2. The van der Waals surface area contributed by atoms with Crippen molar-refractivity contribution in [3.05, 3.63) is 46.1 Å². The highest BCUT2D eigenvalue weighted by Crippen LogP contribution is 2.28. The van der Waals surface area contributed by atoms with E-state index in [1.807, 2.05) is 18.4 Å². The first-order valence-electron chi connectivity index (χ1n) is 5.92. The molecule has 0 saturated carbocycles. The van der Waals surface area contributed by atoms with E-state index in [0.717, 1.165) is 16.9 Å². The predicted octanol–water partition coefficient (Wildman–Crippen LogP) is 3.16. The van der Waals surface area contributed by atoms with Gasteiger partial charge in [0.15, 0.2) is 0 Å². The SMILES string of the molecule is Cc1cc(C)cc(-n2c(C)c(C)c(C#N)c2N)c1. The van der Waals surface area contributed by atoms with Crippen LogP contribution in [0.4, 0.5) is 5.82 Å². The van der Waals surface area contributed by atoms with Crippen molar-refractivity contribution in [3.63, 3.8) is 0 Å². The van der Waals surface area contributed by atoms with Crippen LogP contribution < -0.4 is 5.73 Å². The van der Waals surface area contributed by atoms with Crippen molar-refractivity contribution in [3.8, 4) is 11.8 Å². The number of nitrogens with two attached hydrogens (primary N) is 1. The number of aromatic nitrogens is 1. The smallest absolute Gasteiger partial charge is 0.126 e. The molecule has 1 heterocycles. The van der Waals surface area contributed by atoms with Crippen LogP contribution in [0.25, 0.3) is 5.69 Å². The second kappa shape index (κ2) is 4.23. The van der Waals surface area contributed by atoms with Gasteiger partial charge >= 0.3 is 0 Å². The molecule has 18 heavy (non-hydrogen) atoms. The molecule has 0 aliphatic carbocycles. The lowest BCUT2D eigenvalue weighted by Gasteiger charge is -2.11. The van der Waals surface area contributed by atoms with Gasteiger partial charge in [0.2, 0.25) is 0 Å². The maximum absolute atomic E-state index is 9.15. The Bertz CT molecular complexity index is 637. The zero-order valence-corrected chi connectivity index (χ0v) is 11.2. The van der Waals surface area contributed by atoms with Gasteiger partial charge in [-0.1, -0.05) is 6.07 Å². The van der Waals surface area contributed by atoms with E-state index >= 15 is 0 Å². The van der Waals surface area contributed by atoms with Crippen molar-refractivity contribution < 1.29 is 0 Å². The Morgan fingerprint density at radius 1 is 1.06 bits per heavy atom. The van der Waals surface area contributed by atoms with Crippen LogP contribution in [0.1, 0.15) is 27.9 Å². The van der Waals surface area contributed by atoms with Crippen molar-refractivity contribution in [2.24, 2.45) is 0 Å². The average Bonchev–Trinajstić information content (AvgIpc) is 2.48. The van der Waals surface area contributed by atoms with Crippen molar-refractivity contribution in [2.75, 3.05) is 5.73 Å². The van der Waals surface area contributed by atoms with E-state index in [0.29, 0.717) is 11.4 Å². The molecule has 0 amide bonds. The van der Waals surface area contributed by atoms with Gasteiger partial charge in [-0.2, -0.15) is 5.26 Å². The number of nitriles is 1. The lowest BCUT2D eigenvalue weighted by Crippen LogP contribution is -2.03. The highest BCUT2D eigenvalue weighted by molar-refractivity contribution is 5.62. The van der Waals surface area contributed by atoms with E-state index in [1.54, 1.807) is 0 Å². The van der Waals surface area contributed by atoms with Crippen LogP contribution in [0.5, 0.6) is 0 Å². The third-order valence-electron chi connectivity index (χ3n) is 3.33. The molecule has 92 valence electrons. The molecule has 2 rings (SSSR count). The van der Waals surface area contributed by atoms with Crippen molar-refractivity contribution in [1.29, 1.82) is 5.26 Å². The summed E-state index contributed by atoms with van der Waals surface area (Å²) in [6.07, 6.45) is 0. The summed E-state index contributed by atoms with van der Waals surface area (Å²) < 4.78 is 1.95. The van der Waals surface area contributed by atoms with Gasteiger partial charge in [0.25, 0.3) is 0 Å². The fourth-order valence-corrected chi connectivity index (χ4v) is 2.39. The summed E-state index contributed by atoms with van der Waals surface area (Å²) in [6.45, 7) is 8.04. The van der Waals surface area contributed by atoms with E-state index in [9.17, 15) is 0 Å². The van der Waals surface area contributed by atoms with Gasteiger partial charge in [-0.25, -0.2) is 0 Å². The van der Waals surface area contributed by atoms with Gasteiger partial charge in [0.05, 0.1) is 5.56 Å². The number of rotatable bonds is 1. The standard InChI is InChI=1S/C15H17N3/c1-9-5-10(2)7-13(6-9)18-12(4)11(3)14(8-16)15(18)17/h5-7H,17H2,1-4H3. The fraction of sp³-hybridized carbons (Fsp3) is 0.267. The molecule has 0 spiro atoms. The Labute approximate surface area is 107 Å². The third-order valence-corrected chi connectivity index (χ3v) is 3.33. The molecule has 3 nitrogen and oxygen atoms in total. The summed E-state index contributed by atoms with van der Waals surface area (Å²) in [4.78, 5) is 0. The molecular formula is C15H17N3. The maximum Gasteiger partial charge on any atom is 0.126 e. The number of nitrogen functional groups attached to an aromatic ring is 1. The fourth-order valence-electron chi connectivity index (χ4n) is 2.39. The number of aryl methyl sites for hydroxylation is 2. The second-order valence-corrected chi connectivity index (χ2v) is 4.76. The van der Waals surface area contributed by atoms with E-state index in [4.69, 9.17) is 11.0 Å². The monoisotopic (exact) mass is 239 g/mol. The van der Waals surface area contributed by atoms with Crippen molar-refractivity contribution in [2.45, 2.75) is 27.7 Å². The minimum atomic E-state index is 0.525. The van der Waals surface area contributed by atoms with E-state index < -0.39 is 0 Å². The van der Waals surface area contributed by atoms with Crippen LogP contribution in [0.2, 0.25) is 0 Å². The Morgan fingerprint density at radius 2 is 1.61 bits per heavy atom. The van der Waals surface area contributed by atoms with E-state index in [1.165, 1.54) is 11.1 Å². The molecule has 1 aromatic heterocycles. The largest absolute Gasteiger partial charge is 0.384 e. The summed E-state index contributed by atoms with van der Waals surface area (Å²) >= 11 is 0. The molecule has 2 N–H and O–H groups in total. The molecule has 0 fully saturated rings. The first kappa shape index (κ1) is 12.3. The molecule has 0 unspecified atom stereocenters. The Balaban J connectivity index is 2.76. The lowest BCUT2D eigenvalue weighted by atomic mass is 10.1. The number of anilines is 1. The van der Waals surface area contributed by atoms with Crippen LogP contribution in [0.15, 0.2) is 18.2 Å². The molecule has 0 saturated heterocycles. The summed E-state index contributed by atoms with van der Waals surface area (Å²) in [7, 11) is 0. The van der Waals surface area contributed by atoms with Gasteiger partial charge < -0.3 is 5.73 Å². The maximum atomic E-state index is 9.15. The Kier molecular flexibility index (Phi) is 2.88.